The molecule has 156 valence electrons. The molecule has 6 heteroatoms. The van der Waals surface area contributed by atoms with E-state index in [0.717, 1.165) is 16.8 Å². The summed E-state index contributed by atoms with van der Waals surface area (Å²) in [6.07, 6.45) is 0. The fourth-order valence-electron chi connectivity index (χ4n) is 4.03. The fourth-order valence-corrected chi connectivity index (χ4v) is 4.40. The van der Waals surface area contributed by atoms with E-state index in [-0.39, 0.29) is 28.4 Å². The molecule has 5 nitrogen and oxygen atoms in total. The van der Waals surface area contributed by atoms with Gasteiger partial charge in [0.05, 0.1) is 27.4 Å². The summed E-state index contributed by atoms with van der Waals surface area (Å²) in [6, 6.07) is 26.0. The maximum absolute atomic E-state index is 13.4. The summed E-state index contributed by atoms with van der Waals surface area (Å²) in [4.78, 5) is 26.9. The summed E-state index contributed by atoms with van der Waals surface area (Å²) in [7, 11) is 0. The van der Waals surface area contributed by atoms with Crippen LogP contribution in [0.15, 0.2) is 89.8 Å². The van der Waals surface area contributed by atoms with Crippen LogP contribution in [0.4, 0.5) is 17.1 Å². The zero-order chi connectivity index (χ0) is 22.2. The number of nitrogens with one attached hydrogen (secondary N) is 1. The van der Waals surface area contributed by atoms with Crippen molar-refractivity contribution in [3.63, 3.8) is 0 Å². The van der Waals surface area contributed by atoms with Crippen LogP contribution in [0.25, 0.3) is 11.1 Å². The number of carbonyl (C=O) groups is 2. The van der Waals surface area contributed by atoms with Crippen LogP contribution < -0.4 is 11.1 Å². The molecule has 0 heterocycles. The predicted octanol–water partition coefficient (Wildman–Crippen LogP) is 6.02. The highest BCUT2D eigenvalue weighted by molar-refractivity contribution is 7.94. The van der Waals surface area contributed by atoms with Crippen LogP contribution >= 0.6 is 12.0 Å². The van der Waals surface area contributed by atoms with Crippen molar-refractivity contribution in [1.29, 1.82) is 0 Å². The monoisotopic (exact) mass is 438 g/mol. The Morgan fingerprint density at radius 1 is 0.719 bits per heavy atom. The molecule has 0 saturated heterocycles. The van der Waals surface area contributed by atoms with Gasteiger partial charge in [-0.1, -0.05) is 66.7 Å². The number of nitrogen functional groups attached to an aromatic ring is 1. The van der Waals surface area contributed by atoms with Crippen molar-refractivity contribution in [2.24, 2.45) is 0 Å². The molecule has 0 fully saturated rings. The van der Waals surface area contributed by atoms with Crippen LogP contribution in [0.3, 0.4) is 0 Å². The van der Waals surface area contributed by atoms with Gasteiger partial charge in [-0.2, -0.15) is 0 Å². The molecule has 0 atom stereocenters. The lowest BCUT2D eigenvalue weighted by Gasteiger charge is -2.23. The second-order valence-corrected chi connectivity index (χ2v) is 8.08. The molecule has 1 aliphatic carbocycles. The van der Waals surface area contributed by atoms with Gasteiger partial charge < -0.3 is 15.6 Å². The summed E-state index contributed by atoms with van der Waals surface area (Å²) >= 11 is 0.449. The zero-order valence-corrected chi connectivity index (χ0v) is 17.6. The van der Waals surface area contributed by atoms with Gasteiger partial charge in [-0.05, 0) is 29.3 Å². The average molecular weight is 439 g/mol. The zero-order valence-electron chi connectivity index (χ0n) is 16.8. The first-order valence-corrected chi connectivity index (χ1v) is 10.7. The molecule has 0 bridgehead atoms. The quantitative estimate of drug-likeness (QED) is 0.235. The molecule has 5 rings (SSSR count). The topological polar surface area (TPSA) is 92.4 Å². The van der Waals surface area contributed by atoms with E-state index in [2.05, 4.69) is 5.32 Å². The minimum absolute atomic E-state index is 0.101. The molecule has 0 aromatic heterocycles. The molecule has 0 radical (unpaired) electrons. The molecular formula is C26H18N2O3S. The van der Waals surface area contributed by atoms with Gasteiger partial charge in [-0.3, -0.25) is 9.59 Å². The number of hydrogen-bond donors (Lipinski definition) is 3. The molecule has 0 saturated carbocycles. The van der Waals surface area contributed by atoms with Crippen molar-refractivity contribution in [3.05, 3.63) is 107 Å². The first-order valence-electron chi connectivity index (χ1n) is 9.97. The van der Waals surface area contributed by atoms with Crippen molar-refractivity contribution in [3.8, 4) is 11.1 Å². The Morgan fingerprint density at radius 3 is 2.03 bits per heavy atom. The number of fused-ring (bicyclic) bond motifs is 2. The lowest BCUT2D eigenvalue weighted by molar-refractivity contribution is 0.0980. The van der Waals surface area contributed by atoms with E-state index >= 15 is 0 Å². The molecule has 4 N–H and O–H groups in total. The second-order valence-electron chi connectivity index (χ2n) is 7.45. The summed E-state index contributed by atoms with van der Waals surface area (Å²) in [6.45, 7) is 0. The van der Waals surface area contributed by atoms with Crippen LogP contribution in [-0.4, -0.2) is 16.1 Å². The standard InChI is InChI=1S/C26H18N2O3S/c27-24-21(32-31)14-20(22-23(24)26(30)19-12-5-4-11-18(19)25(22)29)28-17-10-6-9-16(13-17)15-7-2-1-3-8-15/h1-14,28,31H,27H2. The van der Waals surface area contributed by atoms with Gasteiger partial charge >= 0.3 is 0 Å². The van der Waals surface area contributed by atoms with E-state index in [9.17, 15) is 14.1 Å². The van der Waals surface area contributed by atoms with Gasteiger partial charge in [0.2, 0.25) is 0 Å². The Hall–Kier alpha value is -3.87. The Morgan fingerprint density at radius 2 is 1.34 bits per heavy atom. The van der Waals surface area contributed by atoms with Crippen LogP contribution in [-0.2, 0) is 0 Å². The third-order valence-corrected chi connectivity index (χ3v) is 6.08. The molecule has 32 heavy (non-hydrogen) atoms. The first kappa shape index (κ1) is 20.1. The van der Waals surface area contributed by atoms with Gasteiger partial charge in [0, 0.05) is 28.9 Å². The minimum atomic E-state index is -0.329. The maximum Gasteiger partial charge on any atom is 0.196 e. The van der Waals surface area contributed by atoms with E-state index in [1.54, 1.807) is 30.3 Å². The molecule has 4 aromatic rings. The Labute approximate surface area is 189 Å². The average Bonchev–Trinajstić information content (AvgIpc) is 2.84. The predicted molar refractivity (Wildman–Crippen MR) is 128 cm³/mol. The van der Waals surface area contributed by atoms with Gasteiger partial charge in [0.25, 0.3) is 0 Å². The molecule has 0 spiro atoms. The third kappa shape index (κ3) is 3.26. The molecule has 4 aromatic carbocycles. The van der Waals surface area contributed by atoms with Gasteiger partial charge in [0.1, 0.15) is 0 Å². The largest absolute Gasteiger partial charge is 0.397 e. The van der Waals surface area contributed by atoms with E-state index < -0.39 is 0 Å². The lowest BCUT2D eigenvalue weighted by atomic mass is 9.82. The lowest BCUT2D eigenvalue weighted by Crippen LogP contribution is -2.24. The second kappa shape index (κ2) is 8.00. The number of rotatable bonds is 4. The van der Waals surface area contributed by atoms with Crippen molar-refractivity contribution in [1.82, 2.24) is 0 Å². The summed E-state index contributed by atoms with van der Waals surface area (Å²) in [5.41, 5.74) is 10.5. The number of anilines is 3. The van der Waals surface area contributed by atoms with E-state index in [4.69, 9.17) is 5.73 Å². The molecular weight excluding hydrogens is 420 g/mol. The highest BCUT2D eigenvalue weighted by Crippen LogP contribution is 2.41. The molecule has 0 aliphatic heterocycles. The van der Waals surface area contributed by atoms with Crippen molar-refractivity contribution in [2.75, 3.05) is 11.1 Å². The van der Waals surface area contributed by atoms with Crippen LogP contribution in [0.1, 0.15) is 31.8 Å². The number of ketones is 2. The molecule has 0 amide bonds. The highest BCUT2D eigenvalue weighted by Gasteiger charge is 2.34. The number of nitrogens with two attached hydrogens (primary N) is 1. The Bertz CT molecular complexity index is 1380. The van der Waals surface area contributed by atoms with E-state index in [0.29, 0.717) is 33.8 Å². The van der Waals surface area contributed by atoms with E-state index in [1.807, 2.05) is 54.6 Å². The summed E-state index contributed by atoms with van der Waals surface area (Å²) in [5.74, 6) is -0.609. The summed E-state index contributed by atoms with van der Waals surface area (Å²) < 4.78 is 9.76. The number of benzene rings is 4. The van der Waals surface area contributed by atoms with Crippen molar-refractivity contribution in [2.45, 2.75) is 4.90 Å². The summed E-state index contributed by atoms with van der Waals surface area (Å²) in [5, 5.41) is 3.27. The fraction of sp³-hybridized carbons (Fsp3) is 0. The number of carbonyl (C=O) groups excluding carboxylic acids is 2. The Balaban J connectivity index is 1.65. The first-order chi connectivity index (χ1) is 15.6. The van der Waals surface area contributed by atoms with Crippen molar-refractivity contribution >= 4 is 40.7 Å². The van der Waals surface area contributed by atoms with Crippen LogP contribution in [0.5, 0.6) is 0 Å². The van der Waals surface area contributed by atoms with Crippen LogP contribution in [0.2, 0.25) is 0 Å². The smallest absolute Gasteiger partial charge is 0.196 e. The molecule has 1 aliphatic rings. The van der Waals surface area contributed by atoms with Gasteiger partial charge in [-0.25, -0.2) is 0 Å². The molecule has 0 unspecified atom stereocenters. The SMILES string of the molecule is Nc1c(SO)cc(Nc2cccc(-c3ccccc3)c2)c2c1C(=O)c1ccccc1C2=O. The van der Waals surface area contributed by atoms with Gasteiger partial charge in [0.15, 0.2) is 11.6 Å². The van der Waals surface area contributed by atoms with Crippen LogP contribution in [0, 0.1) is 0 Å². The highest BCUT2D eigenvalue weighted by atomic mass is 32.2. The van der Waals surface area contributed by atoms with E-state index in [1.165, 1.54) is 0 Å². The minimum Gasteiger partial charge on any atom is -0.397 e. The maximum atomic E-state index is 13.4. The van der Waals surface area contributed by atoms with Crippen molar-refractivity contribution < 1.29 is 14.1 Å². The third-order valence-electron chi connectivity index (χ3n) is 5.55. The Kier molecular flexibility index (Phi) is 5.01. The normalized spacial score (nSPS) is 12.3. The number of hydrogen-bond acceptors (Lipinski definition) is 6. The van der Waals surface area contributed by atoms with Gasteiger partial charge in [-0.15, -0.1) is 0 Å².